The van der Waals surface area contributed by atoms with E-state index >= 15 is 0 Å². The van der Waals surface area contributed by atoms with E-state index < -0.39 is 0 Å². The molecule has 0 spiro atoms. The molecule has 1 heterocycles. The average Bonchev–Trinajstić information content (AvgIpc) is 3.39. The van der Waals surface area contributed by atoms with Crippen LogP contribution in [0.15, 0.2) is 66.9 Å². The van der Waals surface area contributed by atoms with Crippen LogP contribution in [-0.2, 0) is 11.3 Å². The van der Waals surface area contributed by atoms with Crippen LogP contribution in [0, 0.1) is 5.92 Å². The topological polar surface area (TPSA) is 38.1 Å². The molecule has 4 nitrogen and oxygen atoms in total. The van der Waals surface area contributed by atoms with Crippen LogP contribution in [-0.4, -0.2) is 27.6 Å². The maximum Gasteiger partial charge on any atom is 0.222 e. The lowest BCUT2D eigenvalue weighted by atomic mass is 10.0. The third-order valence-electron chi connectivity index (χ3n) is 5.63. The molecule has 0 bridgehead atoms. The van der Waals surface area contributed by atoms with Gasteiger partial charge in [-0.15, -0.1) is 0 Å². The summed E-state index contributed by atoms with van der Waals surface area (Å²) in [4.78, 5) is 14.6. The number of carbonyl (C=O) groups excluding carboxylic acids is 1. The Bertz CT molecular complexity index is 912. The Balaban J connectivity index is 1.59. The van der Waals surface area contributed by atoms with Crippen molar-refractivity contribution in [3.05, 3.63) is 72.4 Å². The highest BCUT2D eigenvalue weighted by molar-refractivity contribution is 5.76. The molecular formula is C24H27N3O. The predicted octanol–water partition coefficient (Wildman–Crippen LogP) is 5.08. The maximum atomic E-state index is 12.7. The average molecular weight is 374 g/mol. The summed E-state index contributed by atoms with van der Waals surface area (Å²) in [6.45, 7) is 0.572. The summed E-state index contributed by atoms with van der Waals surface area (Å²) in [5.41, 5.74) is 4.09. The molecule has 4 rings (SSSR count). The van der Waals surface area contributed by atoms with E-state index in [1.165, 1.54) is 25.7 Å². The summed E-state index contributed by atoms with van der Waals surface area (Å²) in [6.07, 6.45) is 7.65. The first-order valence-electron chi connectivity index (χ1n) is 10.1. The Morgan fingerprint density at radius 3 is 2.36 bits per heavy atom. The summed E-state index contributed by atoms with van der Waals surface area (Å²) >= 11 is 0. The Kier molecular flexibility index (Phi) is 5.56. The summed E-state index contributed by atoms with van der Waals surface area (Å²) in [6, 6.07) is 20.3. The normalized spacial score (nSPS) is 14.3. The van der Waals surface area contributed by atoms with E-state index in [1.54, 1.807) is 0 Å². The minimum absolute atomic E-state index is 0.235. The second-order valence-corrected chi connectivity index (χ2v) is 7.75. The zero-order valence-corrected chi connectivity index (χ0v) is 16.4. The molecule has 0 unspecified atom stereocenters. The summed E-state index contributed by atoms with van der Waals surface area (Å²) < 4.78 is 1.91. The van der Waals surface area contributed by atoms with E-state index in [1.807, 2.05) is 65.2 Å². The first kappa shape index (κ1) is 18.5. The first-order chi connectivity index (χ1) is 13.7. The summed E-state index contributed by atoms with van der Waals surface area (Å²) in [5.74, 6) is 0.800. The second kappa shape index (κ2) is 8.42. The van der Waals surface area contributed by atoms with Gasteiger partial charge < -0.3 is 4.90 Å². The highest BCUT2D eigenvalue weighted by Crippen LogP contribution is 2.29. The molecule has 3 aromatic rings. The lowest BCUT2D eigenvalue weighted by Gasteiger charge is -2.19. The van der Waals surface area contributed by atoms with E-state index in [9.17, 15) is 4.79 Å². The number of carbonyl (C=O) groups is 1. The minimum atomic E-state index is 0.235. The molecular weight excluding hydrogens is 346 g/mol. The summed E-state index contributed by atoms with van der Waals surface area (Å²) in [7, 11) is 1.91. The molecule has 0 aliphatic heterocycles. The van der Waals surface area contributed by atoms with Gasteiger partial charge in [-0.2, -0.15) is 5.10 Å². The fraction of sp³-hybridized carbons (Fsp3) is 0.333. The SMILES string of the molecule is CN(Cc1cn(-c2ccccc2)nc1-c1ccccc1)C(=O)CC1CCCC1. The third-order valence-corrected chi connectivity index (χ3v) is 5.63. The van der Waals surface area contributed by atoms with Crippen LogP contribution in [0.5, 0.6) is 0 Å². The Labute approximate surface area is 166 Å². The molecule has 0 atom stereocenters. The highest BCUT2D eigenvalue weighted by atomic mass is 16.2. The largest absolute Gasteiger partial charge is 0.341 e. The molecule has 1 saturated carbocycles. The Hall–Kier alpha value is -2.88. The van der Waals surface area contributed by atoms with Crippen molar-refractivity contribution in [2.24, 2.45) is 5.92 Å². The van der Waals surface area contributed by atoms with Gasteiger partial charge in [0.05, 0.1) is 11.4 Å². The van der Waals surface area contributed by atoms with Gasteiger partial charge in [-0.25, -0.2) is 4.68 Å². The van der Waals surface area contributed by atoms with Gasteiger partial charge >= 0.3 is 0 Å². The second-order valence-electron chi connectivity index (χ2n) is 7.75. The van der Waals surface area contributed by atoms with Crippen molar-refractivity contribution < 1.29 is 4.79 Å². The molecule has 2 aromatic carbocycles. The monoisotopic (exact) mass is 373 g/mol. The Morgan fingerprint density at radius 1 is 1.04 bits per heavy atom. The van der Waals surface area contributed by atoms with Crippen molar-refractivity contribution >= 4 is 5.91 Å². The van der Waals surface area contributed by atoms with Gasteiger partial charge in [-0.05, 0) is 30.9 Å². The molecule has 1 aliphatic rings. The van der Waals surface area contributed by atoms with Crippen LogP contribution in [0.25, 0.3) is 16.9 Å². The smallest absolute Gasteiger partial charge is 0.222 e. The number of benzene rings is 2. The number of para-hydroxylation sites is 1. The molecule has 0 saturated heterocycles. The molecule has 1 amide bonds. The molecule has 1 aliphatic carbocycles. The Morgan fingerprint density at radius 2 is 1.68 bits per heavy atom. The summed E-state index contributed by atoms with van der Waals surface area (Å²) in [5, 5.41) is 4.85. The van der Waals surface area contributed by atoms with Crippen LogP contribution >= 0.6 is 0 Å². The van der Waals surface area contributed by atoms with E-state index in [2.05, 4.69) is 18.3 Å². The third kappa shape index (κ3) is 4.16. The van der Waals surface area contributed by atoms with Crippen molar-refractivity contribution in [1.29, 1.82) is 0 Å². The first-order valence-corrected chi connectivity index (χ1v) is 10.1. The number of rotatable bonds is 6. The molecule has 1 fully saturated rings. The van der Waals surface area contributed by atoms with Crippen LogP contribution in [0.1, 0.15) is 37.7 Å². The van der Waals surface area contributed by atoms with E-state index in [0.29, 0.717) is 18.9 Å². The van der Waals surface area contributed by atoms with Crippen molar-refractivity contribution in [2.75, 3.05) is 7.05 Å². The number of amides is 1. The van der Waals surface area contributed by atoms with E-state index in [-0.39, 0.29) is 5.91 Å². The number of nitrogens with zero attached hydrogens (tertiary/aromatic N) is 3. The van der Waals surface area contributed by atoms with Gasteiger partial charge in [0.2, 0.25) is 5.91 Å². The quantitative estimate of drug-likeness (QED) is 0.604. The zero-order chi connectivity index (χ0) is 19.3. The van der Waals surface area contributed by atoms with Crippen LogP contribution in [0.2, 0.25) is 0 Å². The molecule has 1 aromatic heterocycles. The van der Waals surface area contributed by atoms with E-state index in [4.69, 9.17) is 5.10 Å². The number of hydrogen-bond acceptors (Lipinski definition) is 2. The van der Waals surface area contributed by atoms with Gasteiger partial charge in [0.15, 0.2) is 0 Å². The number of hydrogen-bond donors (Lipinski definition) is 0. The van der Waals surface area contributed by atoms with Gasteiger partial charge in [-0.3, -0.25) is 4.79 Å². The van der Waals surface area contributed by atoms with Crippen molar-refractivity contribution in [3.8, 4) is 16.9 Å². The van der Waals surface area contributed by atoms with Crippen molar-refractivity contribution in [2.45, 2.75) is 38.6 Å². The molecule has 4 heteroatoms. The van der Waals surface area contributed by atoms with Crippen LogP contribution < -0.4 is 0 Å². The fourth-order valence-electron chi connectivity index (χ4n) is 4.04. The zero-order valence-electron chi connectivity index (χ0n) is 16.4. The predicted molar refractivity (Wildman–Crippen MR) is 112 cm³/mol. The highest BCUT2D eigenvalue weighted by Gasteiger charge is 2.22. The van der Waals surface area contributed by atoms with Crippen molar-refractivity contribution in [3.63, 3.8) is 0 Å². The van der Waals surface area contributed by atoms with Crippen molar-refractivity contribution in [1.82, 2.24) is 14.7 Å². The van der Waals surface area contributed by atoms with Crippen LogP contribution in [0.4, 0.5) is 0 Å². The molecule has 0 N–H and O–H groups in total. The molecule has 144 valence electrons. The van der Waals surface area contributed by atoms with Gasteiger partial charge in [0.25, 0.3) is 0 Å². The molecule has 28 heavy (non-hydrogen) atoms. The fourth-order valence-corrected chi connectivity index (χ4v) is 4.04. The van der Waals surface area contributed by atoms with Crippen LogP contribution in [0.3, 0.4) is 0 Å². The van der Waals surface area contributed by atoms with E-state index in [0.717, 1.165) is 22.5 Å². The standard InChI is InChI=1S/C24H27N3O/c1-26(23(28)16-19-10-8-9-11-19)17-21-18-27(22-14-6-3-7-15-22)25-24(21)20-12-4-2-5-13-20/h2-7,12-15,18-19H,8-11,16-17H2,1H3. The molecule has 0 radical (unpaired) electrons. The lowest BCUT2D eigenvalue weighted by Crippen LogP contribution is -2.27. The maximum absolute atomic E-state index is 12.7. The lowest BCUT2D eigenvalue weighted by molar-refractivity contribution is -0.131. The number of aromatic nitrogens is 2. The minimum Gasteiger partial charge on any atom is -0.341 e. The van der Waals surface area contributed by atoms with Gasteiger partial charge in [-0.1, -0.05) is 61.4 Å². The van der Waals surface area contributed by atoms with Gasteiger partial charge in [0, 0.05) is 37.3 Å². The van der Waals surface area contributed by atoms with Gasteiger partial charge in [0.1, 0.15) is 0 Å².